The van der Waals surface area contributed by atoms with Crippen LogP contribution >= 0.6 is 56.7 Å². The summed E-state index contributed by atoms with van der Waals surface area (Å²) in [6, 6.07) is 26.8. The maximum absolute atomic E-state index is 12.9. The van der Waals surface area contributed by atoms with Crippen LogP contribution < -0.4 is 31.3 Å². The summed E-state index contributed by atoms with van der Waals surface area (Å²) in [6.07, 6.45) is 38.1. The van der Waals surface area contributed by atoms with Crippen molar-refractivity contribution in [3.8, 4) is 116 Å². The van der Waals surface area contributed by atoms with E-state index in [1.165, 1.54) is 63.1 Å². The Kier molecular flexibility index (Phi) is 30.0. The topological polar surface area (TPSA) is 541 Å². The number of carbonyl (C=O) groups is 5. The van der Waals surface area contributed by atoms with Crippen molar-refractivity contribution >= 4 is 115 Å². The number of methoxy groups -OCH3 is 1. The smallest absolute Gasteiger partial charge is 0.275 e. The highest BCUT2D eigenvalue weighted by Crippen LogP contribution is 2.39. The number of hydrogen-bond acceptors (Lipinski definition) is 35. The Bertz CT molecular complexity index is 7610. The van der Waals surface area contributed by atoms with Crippen LogP contribution in [0.2, 0.25) is 0 Å². The lowest BCUT2D eigenvalue weighted by Gasteiger charge is -2.36. The fourth-order valence-corrected chi connectivity index (χ4v) is 18.6. The van der Waals surface area contributed by atoms with Gasteiger partial charge in [0.25, 0.3) is 29.5 Å². The van der Waals surface area contributed by atoms with Gasteiger partial charge < -0.3 is 40.9 Å². The standard InChI is InChI=1S/C21H22N8O2S.C19H18N8O2S.C19H17N7OS.C18H17N7OS.C17H15N7O2S/c30-20(18-14-32-21(26-18)15-11-23-24-12-15)25-17-13-29(6-5-28-7-9-31-10-8-28)27-19(17)16-3-1-2-4-22-16;1-29-26-8-13(9-26)27-10-15(17(25-27)14-4-2-3-5-20-14)23-18(28)16-11-30-19(24-16)12-6-21-22-7-12;27-18(16-11-28-19(24-16)12-8-21-22-9-12)23-15-10-26(13-4-3-5-13)25-17(15)14-6-1-2-7-20-14;1-11(2)25-9-14(16(24-25)13-5-3-4-6-19-13)22-17(26)15-10-27-18(23-15)12-7-20-21-8-12;1-24-8-13(15(23-24)12-4-3-11(26-2)7-18-12)21-16(25)14-9-27-17(22-14)10-5-19-20-6-10/h1-4,11-14H,5-10H2,(H,23,24)(H,25,30);2-7,10-11,13H,8-9H2,1H3,(H,21,22)(H,23,28);1-2,6-11,13H,3-5H2,(H,21,22)(H,23,27);3-11H,1-2H3,(H,20,21)(H,22,26);3-9H,1-2H3,(H,19,20)(H,21,25). The molecule has 22 heterocycles. The number of thiazole rings is 5. The molecule has 3 aliphatic rings. The summed E-state index contributed by atoms with van der Waals surface area (Å²) in [5, 5.41) is 85.2. The van der Waals surface area contributed by atoms with Gasteiger partial charge >= 0.3 is 0 Å². The van der Waals surface area contributed by atoms with Crippen LogP contribution in [0.15, 0.2) is 236 Å². The molecule has 0 bridgehead atoms. The van der Waals surface area contributed by atoms with Gasteiger partial charge in [0.05, 0.1) is 140 Å². The van der Waals surface area contributed by atoms with E-state index in [1.54, 1.807) is 169 Å². The summed E-state index contributed by atoms with van der Waals surface area (Å²) in [5.74, 6) is -0.818. The average Bonchev–Trinajstić information content (AvgIpc) is 1.69. The van der Waals surface area contributed by atoms with Crippen LogP contribution in [0.3, 0.4) is 0 Å². The summed E-state index contributed by atoms with van der Waals surface area (Å²) in [5.41, 5.74) is 15.5. The van der Waals surface area contributed by atoms with Gasteiger partial charge in [0, 0.05) is 187 Å². The van der Waals surface area contributed by atoms with E-state index in [1.807, 2.05) is 131 Å². The normalized spacial score (nSPS) is 13.1. The van der Waals surface area contributed by atoms with Crippen LogP contribution in [-0.4, -0.2) is 249 Å². The van der Waals surface area contributed by atoms with Gasteiger partial charge in [0.15, 0.2) is 0 Å². The Balaban J connectivity index is 0.000000114. The molecule has 0 aromatic carbocycles. The van der Waals surface area contributed by atoms with E-state index in [4.69, 9.17) is 29.6 Å². The highest BCUT2D eigenvalue weighted by Gasteiger charge is 2.33. The van der Waals surface area contributed by atoms with Crippen molar-refractivity contribution in [1.82, 2.24) is 160 Å². The number of nitrogens with one attached hydrogen (secondary N) is 10. The van der Waals surface area contributed by atoms with Crippen LogP contribution in [0.25, 0.3) is 110 Å². The first kappa shape index (κ1) is 95.9. The molecule has 2 aliphatic heterocycles. The molecular formula is C94H89N37O8S5. The van der Waals surface area contributed by atoms with Crippen LogP contribution in [0.5, 0.6) is 5.75 Å². The number of hydrogen-bond donors (Lipinski definition) is 10. The second kappa shape index (κ2) is 45.1. The highest BCUT2D eigenvalue weighted by molar-refractivity contribution is 7.14. The summed E-state index contributed by atoms with van der Waals surface area (Å²) in [7, 11) is 5.01. The highest BCUT2D eigenvalue weighted by atomic mass is 32.1. The third kappa shape index (κ3) is 23.2. The van der Waals surface area contributed by atoms with E-state index in [2.05, 4.69) is 143 Å². The van der Waals surface area contributed by atoms with Gasteiger partial charge in [-0.1, -0.05) is 24.3 Å². The first-order valence-corrected chi connectivity index (χ1v) is 49.3. The van der Waals surface area contributed by atoms with Gasteiger partial charge in [-0.25, -0.2) is 24.9 Å². The summed E-state index contributed by atoms with van der Waals surface area (Å²) in [4.78, 5) is 115. The maximum Gasteiger partial charge on any atom is 0.275 e. The largest absolute Gasteiger partial charge is 0.495 e. The van der Waals surface area contributed by atoms with Gasteiger partial charge in [0.1, 0.15) is 87.7 Å². The molecule has 1 aliphatic carbocycles. The fourth-order valence-electron chi connectivity index (χ4n) is 14.7. The number of ether oxygens (including phenoxy) is 2. The molecule has 0 radical (unpaired) electrons. The lowest BCUT2D eigenvalue weighted by Crippen LogP contribution is -2.46. The molecule has 2 saturated heterocycles. The van der Waals surface area contributed by atoms with E-state index in [9.17, 15) is 24.0 Å². The molecular weight excluding hydrogens is 1940 g/mol. The number of aromatic amines is 5. The molecule has 0 atom stereocenters. The van der Waals surface area contributed by atoms with Crippen molar-refractivity contribution in [1.29, 1.82) is 0 Å². The second-order valence-corrected chi connectivity index (χ2v) is 36.8. The average molecular weight is 2030 g/mol. The maximum atomic E-state index is 12.9. The molecule has 3 fully saturated rings. The Morgan fingerprint density at radius 3 is 1.11 bits per heavy atom. The van der Waals surface area contributed by atoms with Crippen LogP contribution in [0.4, 0.5) is 28.4 Å². The summed E-state index contributed by atoms with van der Waals surface area (Å²) in [6.45, 7) is 10.4. The number of pyridine rings is 5. The number of nitrogens with zero attached hydrogens (tertiary/aromatic N) is 27. The lowest BCUT2D eigenvalue weighted by atomic mass is 9.93. The number of amides is 5. The predicted octanol–water partition coefficient (Wildman–Crippen LogP) is 14.8. The Hall–Kier alpha value is -17.0. The quantitative estimate of drug-likeness (QED) is 0.0218. The predicted molar refractivity (Wildman–Crippen MR) is 541 cm³/mol. The molecule has 20 aromatic heterocycles. The Morgan fingerprint density at radius 1 is 0.410 bits per heavy atom. The molecule has 1 saturated carbocycles. The number of morpholine rings is 1. The number of rotatable bonds is 28. The number of aryl methyl sites for hydroxylation is 1. The molecule has 23 rings (SSSR count). The Morgan fingerprint density at radius 2 is 0.771 bits per heavy atom. The molecule has 0 unspecified atom stereocenters. The van der Waals surface area contributed by atoms with Crippen LogP contribution in [-0.2, 0) is 23.2 Å². The van der Waals surface area contributed by atoms with Crippen molar-refractivity contribution in [2.24, 2.45) is 7.05 Å². The number of anilines is 5. The molecule has 5 amide bonds. The van der Waals surface area contributed by atoms with Gasteiger partial charge in [-0.15, -0.1) is 56.7 Å². The molecule has 144 heavy (non-hydrogen) atoms. The number of H-pyrrole nitrogens is 5. The van der Waals surface area contributed by atoms with Crippen molar-refractivity contribution in [2.45, 2.75) is 57.8 Å². The van der Waals surface area contributed by atoms with E-state index >= 15 is 0 Å². The van der Waals surface area contributed by atoms with Crippen LogP contribution in [0, 0.1) is 0 Å². The minimum absolute atomic E-state index is 0.157. The van der Waals surface area contributed by atoms with Gasteiger partial charge in [-0.3, -0.25) is 103 Å². The van der Waals surface area contributed by atoms with Crippen LogP contribution in [0.1, 0.15) is 104 Å². The minimum atomic E-state index is -0.316. The molecule has 728 valence electrons. The minimum Gasteiger partial charge on any atom is -0.495 e. The molecule has 10 N–H and O–H groups in total. The third-order valence-corrected chi connectivity index (χ3v) is 26.9. The van der Waals surface area contributed by atoms with E-state index in [-0.39, 0.29) is 41.6 Å². The number of aromatic nitrogens is 30. The lowest BCUT2D eigenvalue weighted by molar-refractivity contribution is -0.194. The van der Waals surface area contributed by atoms with Gasteiger partial charge in [0.2, 0.25) is 0 Å². The SMILES string of the molecule is CC(C)n1cc(NC(=O)c2csc(-c3cn[nH]c3)n2)c(-c2ccccn2)n1.CON1CC(n2cc(NC(=O)c3csc(-c4cn[nH]c4)n3)c(-c3ccccn3)n2)C1.COc1ccc(-c2nn(C)cc2NC(=O)c2csc(-c3cn[nH]c3)n2)nc1.O=C(Nc1cn(C2CCC2)nc1-c1ccccn1)c1csc(-c2cn[nH]c2)n1.O=C(Nc1cn(CCN2CCOCC2)nc1-c1ccccn1)c1csc(-c2cn[nH]c2)n1. The molecule has 0 spiro atoms. The third-order valence-electron chi connectivity index (χ3n) is 22.5. The van der Waals surface area contributed by atoms with E-state index in [0.717, 1.165) is 117 Å². The van der Waals surface area contributed by atoms with Crippen molar-refractivity contribution < 1.29 is 38.3 Å². The van der Waals surface area contributed by atoms with E-state index < -0.39 is 0 Å². The molecule has 20 aromatic rings. The zero-order valence-corrected chi connectivity index (χ0v) is 81.5. The van der Waals surface area contributed by atoms with E-state index in [0.29, 0.717) is 126 Å². The van der Waals surface area contributed by atoms with Crippen molar-refractivity contribution in [2.75, 3.05) is 86.7 Å². The van der Waals surface area contributed by atoms with Gasteiger partial charge in [-0.2, -0.15) is 56.1 Å². The number of hydroxylamine groups is 2. The fraction of sp³-hybridized carbons (Fsp3) is 0.202. The monoisotopic (exact) mass is 2020 g/mol. The second-order valence-electron chi connectivity index (χ2n) is 32.5. The zero-order valence-electron chi connectivity index (χ0n) is 77.4. The number of carbonyl (C=O) groups excluding carboxylic acids is 5. The molecule has 45 nitrogen and oxygen atoms in total. The summed E-state index contributed by atoms with van der Waals surface area (Å²) >= 11 is 6.96. The molecule has 50 heteroatoms. The Labute approximate surface area is 838 Å². The first-order valence-electron chi connectivity index (χ1n) is 44.9. The summed E-state index contributed by atoms with van der Waals surface area (Å²) < 4.78 is 19.6. The van der Waals surface area contributed by atoms with Crippen molar-refractivity contribution in [3.05, 3.63) is 264 Å². The zero-order chi connectivity index (χ0) is 98.8. The van der Waals surface area contributed by atoms with Crippen molar-refractivity contribution in [3.63, 3.8) is 0 Å². The van der Waals surface area contributed by atoms with Gasteiger partial charge in [-0.05, 0) is 93.8 Å². The first-order chi connectivity index (χ1) is 70.5.